The Morgan fingerprint density at radius 1 is 1.22 bits per heavy atom. The molecule has 0 spiro atoms. The van der Waals surface area contributed by atoms with Gasteiger partial charge in [0.05, 0.1) is 6.04 Å². The van der Waals surface area contributed by atoms with Gasteiger partial charge in [-0.05, 0) is 41.8 Å². The SMILES string of the molecule is CC[C@@H](c1ccc(Br)cc1)N1CC[C@@](CCO)(c2ccc(F)cc2)OC1=O. The molecule has 1 heterocycles. The number of carbonyl (C=O) groups is 1. The first-order valence-electron chi connectivity index (χ1n) is 9.11. The molecular weight excluding hydrogens is 413 g/mol. The number of hydrogen-bond acceptors (Lipinski definition) is 3. The Labute approximate surface area is 167 Å². The second-order valence-electron chi connectivity index (χ2n) is 6.76. The number of halogens is 2. The molecule has 1 amide bonds. The van der Waals surface area contributed by atoms with Crippen LogP contribution in [0.25, 0.3) is 0 Å². The van der Waals surface area contributed by atoms with Crippen molar-refractivity contribution in [1.29, 1.82) is 0 Å². The summed E-state index contributed by atoms with van der Waals surface area (Å²) >= 11 is 3.43. The average Bonchev–Trinajstić information content (AvgIpc) is 2.66. The number of aliphatic hydroxyl groups excluding tert-OH is 1. The first kappa shape index (κ1) is 19.8. The summed E-state index contributed by atoms with van der Waals surface area (Å²) in [7, 11) is 0. The lowest BCUT2D eigenvalue weighted by molar-refractivity contribution is -0.0734. The molecule has 0 aromatic heterocycles. The Morgan fingerprint density at radius 3 is 2.44 bits per heavy atom. The van der Waals surface area contributed by atoms with E-state index in [2.05, 4.69) is 15.9 Å². The average molecular weight is 436 g/mol. The lowest BCUT2D eigenvalue weighted by Gasteiger charge is -2.44. The van der Waals surface area contributed by atoms with Crippen LogP contribution in [0.15, 0.2) is 53.0 Å². The van der Waals surface area contributed by atoms with Gasteiger partial charge in [0, 0.05) is 30.5 Å². The second kappa shape index (κ2) is 8.40. The van der Waals surface area contributed by atoms with E-state index in [1.165, 1.54) is 12.1 Å². The number of amides is 1. The van der Waals surface area contributed by atoms with Gasteiger partial charge in [-0.15, -0.1) is 0 Å². The highest BCUT2D eigenvalue weighted by molar-refractivity contribution is 9.10. The number of benzene rings is 2. The number of carbonyl (C=O) groups excluding carboxylic acids is 1. The van der Waals surface area contributed by atoms with Crippen LogP contribution in [-0.2, 0) is 10.3 Å². The summed E-state index contributed by atoms with van der Waals surface area (Å²) in [5.41, 5.74) is 0.838. The first-order chi connectivity index (χ1) is 13.0. The number of ether oxygens (including phenoxy) is 1. The topological polar surface area (TPSA) is 49.8 Å². The van der Waals surface area contributed by atoms with Gasteiger partial charge < -0.3 is 14.7 Å². The van der Waals surface area contributed by atoms with Gasteiger partial charge >= 0.3 is 6.09 Å². The van der Waals surface area contributed by atoms with Crippen molar-refractivity contribution in [3.05, 3.63) is 69.9 Å². The lowest BCUT2D eigenvalue weighted by Crippen LogP contribution is -2.49. The van der Waals surface area contributed by atoms with Crippen molar-refractivity contribution in [2.45, 2.75) is 37.8 Å². The van der Waals surface area contributed by atoms with Crippen molar-refractivity contribution in [3.8, 4) is 0 Å². The smallest absolute Gasteiger partial charge is 0.411 e. The zero-order valence-electron chi connectivity index (χ0n) is 15.2. The Balaban J connectivity index is 1.85. The largest absolute Gasteiger partial charge is 0.438 e. The quantitative estimate of drug-likeness (QED) is 0.681. The van der Waals surface area contributed by atoms with Crippen molar-refractivity contribution in [2.24, 2.45) is 0 Å². The Hall–Kier alpha value is -1.92. The van der Waals surface area contributed by atoms with E-state index in [1.54, 1.807) is 17.0 Å². The fourth-order valence-electron chi connectivity index (χ4n) is 3.73. The Bertz CT molecular complexity index is 781. The van der Waals surface area contributed by atoms with E-state index in [0.29, 0.717) is 18.5 Å². The van der Waals surface area contributed by atoms with Crippen LogP contribution < -0.4 is 0 Å². The molecule has 1 aliphatic heterocycles. The van der Waals surface area contributed by atoms with Crippen LogP contribution in [0.1, 0.15) is 43.4 Å². The van der Waals surface area contributed by atoms with Crippen molar-refractivity contribution in [3.63, 3.8) is 0 Å². The van der Waals surface area contributed by atoms with Gasteiger partial charge in [0.25, 0.3) is 0 Å². The maximum absolute atomic E-state index is 13.3. The van der Waals surface area contributed by atoms with Crippen LogP contribution in [0, 0.1) is 5.82 Å². The number of aliphatic hydroxyl groups is 1. The summed E-state index contributed by atoms with van der Waals surface area (Å²) in [5, 5.41) is 9.53. The van der Waals surface area contributed by atoms with Gasteiger partial charge in [0.1, 0.15) is 11.4 Å². The molecule has 3 rings (SSSR count). The summed E-state index contributed by atoms with van der Waals surface area (Å²) in [5.74, 6) is -0.344. The van der Waals surface area contributed by atoms with Gasteiger partial charge in [-0.3, -0.25) is 0 Å². The summed E-state index contributed by atoms with van der Waals surface area (Å²) < 4.78 is 20.2. The molecule has 0 saturated carbocycles. The van der Waals surface area contributed by atoms with Crippen molar-refractivity contribution < 1.29 is 19.0 Å². The van der Waals surface area contributed by atoms with Crippen LogP contribution in [-0.4, -0.2) is 29.3 Å². The number of cyclic esters (lactones) is 1. The minimum atomic E-state index is -0.923. The summed E-state index contributed by atoms with van der Waals surface area (Å²) in [6.45, 7) is 2.43. The summed E-state index contributed by atoms with van der Waals surface area (Å²) in [6, 6.07) is 13.8. The van der Waals surface area contributed by atoms with E-state index in [-0.39, 0.29) is 24.9 Å². The normalized spacial score (nSPS) is 21.0. The minimum absolute atomic E-state index is 0.0778. The minimum Gasteiger partial charge on any atom is -0.438 e. The van der Waals surface area contributed by atoms with Gasteiger partial charge in [0.15, 0.2) is 0 Å². The molecule has 6 heteroatoms. The van der Waals surface area contributed by atoms with Crippen molar-refractivity contribution >= 4 is 22.0 Å². The first-order valence-corrected chi connectivity index (χ1v) is 9.90. The molecule has 0 bridgehead atoms. The van der Waals surface area contributed by atoms with Gasteiger partial charge in [-0.25, -0.2) is 9.18 Å². The van der Waals surface area contributed by atoms with Gasteiger partial charge in [-0.1, -0.05) is 47.1 Å². The molecule has 0 aliphatic carbocycles. The van der Waals surface area contributed by atoms with E-state index < -0.39 is 11.7 Å². The zero-order valence-corrected chi connectivity index (χ0v) is 16.8. The zero-order chi connectivity index (χ0) is 19.4. The maximum atomic E-state index is 13.3. The van der Waals surface area contributed by atoms with Crippen LogP contribution in [0.4, 0.5) is 9.18 Å². The summed E-state index contributed by atoms with van der Waals surface area (Å²) in [6.07, 6.45) is 1.18. The molecule has 4 nitrogen and oxygen atoms in total. The van der Waals surface area contributed by atoms with Crippen molar-refractivity contribution in [2.75, 3.05) is 13.2 Å². The Kier molecular flexibility index (Phi) is 6.17. The predicted molar refractivity (Wildman–Crippen MR) is 105 cm³/mol. The lowest BCUT2D eigenvalue weighted by atomic mass is 9.85. The molecule has 2 aromatic rings. The van der Waals surface area contributed by atoms with Gasteiger partial charge in [-0.2, -0.15) is 0 Å². The standard InChI is InChI=1S/C21H23BrFNO3/c1-2-19(15-3-7-17(22)8-4-15)24-13-11-21(12-14-25,27-20(24)26)16-5-9-18(23)10-6-16/h3-10,19,25H,2,11-14H2,1H3/t19-,21+/m0/s1. The third kappa shape index (κ3) is 4.17. The van der Waals surface area contributed by atoms with Crippen LogP contribution in [0.2, 0.25) is 0 Å². The van der Waals surface area contributed by atoms with Crippen LogP contribution >= 0.6 is 15.9 Å². The molecule has 144 valence electrons. The molecule has 1 saturated heterocycles. The highest BCUT2D eigenvalue weighted by atomic mass is 79.9. The third-order valence-corrected chi connectivity index (χ3v) is 5.71. The molecule has 1 aliphatic rings. The second-order valence-corrected chi connectivity index (χ2v) is 7.68. The molecule has 27 heavy (non-hydrogen) atoms. The van der Waals surface area contributed by atoms with Gasteiger partial charge in [0.2, 0.25) is 0 Å². The van der Waals surface area contributed by atoms with Crippen LogP contribution in [0.3, 0.4) is 0 Å². The van der Waals surface area contributed by atoms with E-state index in [9.17, 15) is 14.3 Å². The molecule has 2 atom stereocenters. The molecular formula is C21H23BrFNO3. The van der Waals surface area contributed by atoms with E-state index in [0.717, 1.165) is 16.5 Å². The van der Waals surface area contributed by atoms with Crippen molar-refractivity contribution in [1.82, 2.24) is 4.90 Å². The number of rotatable bonds is 6. The number of nitrogens with zero attached hydrogens (tertiary/aromatic N) is 1. The maximum Gasteiger partial charge on any atom is 0.411 e. The number of hydrogen-bond donors (Lipinski definition) is 1. The molecule has 1 fully saturated rings. The Morgan fingerprint density at radius 2 is 1.89 bits per heavy atom. The third-order valence-electron chi connectivity index (χ3n) is 5.18. The van der Waals surface area contributed by atoms with E-state index >= 15 is 0 Å². The molecule has 0 radical (unpaired) electrons. The molecule has 2 aromatic carbocycles. The summed E-state index contributed by atoms with van der Waals surface area (Å²) in [4.78, 5) is 14.6. The highest BCUT2D eigenvalue weighted by Gasteiger charge is 2.43. The fraction of sp³-hybridized carbons (Fsp3) is 0.381. The van der Waals surface area contributed by atoms with E-state index in [1.807, 2.05) is 31.2 Å². The van der Waals surface area contributed by atoms with Crippen LogP contribution in [0.5, 0.6) is 0 Å². The fourth-order valence-corrected chi connectivity index (χ4v) is 4.00. The van der Waals surface area contributed by atoms with E-state index in [4.69, 9.17) is 4.74 Å². The molecule has 0 unspecified atom stereocenters. The monoisotopic (exact) mass is 435 g/mol. The predicted octanol–water partition coefficient (Wildman–Crippen LogP) is 5.16. The molecule has 1 N–H and O–H groups in total. The highest BCUT2D eigenvalue weighted by Crippen LogP contribution is 2.40.